The third-order valence-corrected chi connectivity index (χ3v) is 2.72. The molecule has 0 saturated carbocycles. The van der Waals surface area contributed by atoms with E-state index in [9.17, 15) is 0 Å². The van der Waals surface area contributed by atoms with Crippen molar-refractivity contribution in [3.8, 4) is 17.0 Å². The molecule has 0 aliphatic heterocycles. The van der Waals surface area contributed by atoms with Gasteiger partial charge in [-0.2, -0.15) is 0 Å². The maximum absolute atomic E-state index is 5.38. The number of benzene rings is 1. The highest BCUT2D eigenvalue weighted by atomic mass is 16.5. The Morgan fingerprint density at radius 2 is 2.12 bits per heavy atom. The van der Waals surface area contributed by atoms with Crippen molar-refractivity contribution in [3.05, 3.63) is 54.2 Å². The van der Waals surface area contributed by atoms with E-state index in [2.05, 4.69) is 11.6 Å². The van der Waals surface area contributed by atoms with Crippen LogP contribution in [0.15, 0.2) is 43.1 Å². The van der Waals surface area contributed by atoms with Crippen molar-refractivity contribution < 1.29 is 4.74 Å². The van der Waals surface area contributed by atoms with Gasteiger partial charge in [0.2, 0.25) is 0 Å². The van der Waals surface area contributed by atoms with Crippen LogP contribution in [0.2, 0.25) is 0 Å². The fraction of sp³-hybridized carbons (Fsp3) is 0.133. The van der Waals surface area contributed by atoms with Crippen molar-refractivity contribution >= 4 is 6.08 Å². The van der Waals surface area contributed by atoms with Crippen molar-refractivity contribution in [2.75, 3.05) is 7.11 Å². The van der Waals surface area contributed by atoms with E-state index in [4.69, 9.17) is 4.74 Å². The summed E-state index contributed by atoms with van der Waals surface area (Å²) < 4.78 is 5.38. The number of rotatable bonds is 3. The highest BCUT2D eigenvalue weighted by molar-refractivity contribution is 5.72. The lowest BCUT2D eigenvalue weighted by atomic mass is 10.0. The molecule has 0 atom stereocenters. The minimum absolute atomic E-state index is 0.831. The van der Waals surface area contributed by atoms with Gasteiger partial charge in [-0.3, -0.25) is 4.98 Å². The van der Waals surface area contributed by atoms with Crippen LogP contribution in [-0.2, 0) is 0 Å². The molecule has 0 unspecified atom stereocenters. The molecule has 17 heavy (non-hydrogen) atoms. The maximum Gasteiger partial charge on any atom is 0.128 e. The Kier molecular flexibility index (Phi) is 3.24. The molecule has 1 heterocycles. The minimum atomic E-state index is 0.831. The number of hydrogen-bond donors (Lipinski definition) is 0. The zero-order valence-electron chi connectivity index (χ0n) is 10.1. The summed E-state index contributed by atoms with van der Waals surface area (Å²) in [6, 6.07) is 9.94. The van der Waals surface area contributed by atoms with Crippen LogP contribution in [0.25, 0.3) is 17.3 Å². The first kappa shape index (κ1) is 11.4. The second-order valence-electron chi connectivity index (χ2n) is 3.83. The summed E-state index contributed by atoms with van der Waals surface area (Å²) in [5, 5.41) is 0. The Hall–Kier alpha value is -2.09. The molecule has 0 spiro atoms. The van der Waals surface area contributed by atoms with Crippen LogP contribution in [0.1, 0.15) is 11.1 Å². The standard InChI is InChI=1S/C15H15NO/c1-4-12-7-8-14(17-3)13(10-12)15-11(2)6-5-9-16-15/h4-10H,1H2,2-3H3. The monoisotopic (exact) mass is 225 g/mol. The first-order valence-electron chi connectivity index (χ1n) is 5.48. The van der Waals surface area contributed by atoms with Gasteiger partial charge in [0, 0.05) is 11.8 Å². The van der Waals surface area contributed by atoms with Crippen molar-refractivity contribution in [2.45, 2.75) is 6.92 Å². The lowest BCUT2D eigenvalue weighted by Gasteiger charge is -2.10. The molecule has 0 radical (unpaired) electrons. The maximum atomic E-state index is 5.38. The van der Waals surface area contributed by atoms with Crippen LogP contribution >= 0.6 is 0 Å². The van der Waals surface area contributed by atoms with Crippen LogP contribution in [0.5, 0.6) is 5.75 Å². The van der Waals surface area contributed by atoms with Gasteiger partial charge >= 0.3 is 0 Å². The van der Waals surface area contributed by atoms with Gasteiger partial charge < -0.3 is 4.74 Å². The topological polar surface area (TPSA) is 22.1 Å². The lowest BCUT2D eigenvalue weighted by Crippen LogP contribution is -1.93. The fourth-order valence-corrected chi connectivity index (χ4v) is 1.81. The molecule has 0 aliphatic carbocycles. The van der Waals surface area contributed by atoms with Gasteiger partial charge in [-0.25, -0.2) is 0 Å². The van der Waals surface area contributed by atoms with Crippen LogP contribution in [-0.4, -0.2) is 12.1 Å². The highest BCUT2D eigenvalue weighted by Gasteiger charge is 2.09. The predicted octanol–water partition coefficient (Wildman–Crippen LogP) is 3.71. The summed E-state index contributed by atoms with van der Waals surface area (Å²) in [7, 11) is 1.67. The van der Waals surface area contributed by atoms with E-state index < -0.39 is 0 Å². The molecule has 0 aliphatic rings. The Morgan fingerprint density at radius 3 is 2.76 bits per heavy atom. The molecule has 2 heteroatoms. The van der Waals surface area contributed by atoms with E-state index >= 15 is 0 Å². The molecule has 86 valence electrons. The Labute approximate surface area is 102 Å². The van der Waals surface area contributed by atoms with E-state index in [1.807, 2.05) is 43.3 Å². The smallest absolute Gasteiger partial charge is 0.128 e. The Morgan fingerprint density at radius 1 is 1.29 bits per heavy atom. The summed E-state index contributed by atoms with van der Waals surface area (Å²) in [5.41, 5.74) is 4.15. The second kappa shape index (κ2) is 4.83. The van der Waals surface area contributed by atoms with Crippen molar-refractivity contribution in [2.24, 2.45) is 0 Å². The number of hydrogen-bond acceptors (Lipinski definition) is 2. The third-order valence-electron chi connectivity index (χ3n) is 2.72. The van der Waals surface area contributed by atoms with Crippen LogP contribution in [0, 0.1) is 6.92 Å². The van der Waals surface area contributed by atoms with Crippen molar-refractivity contribution in [3.63, 3.8) is 0 Å². The number of methoxy groups -OCH3 is 1. The molecule has 0 bridgehead atoms. The number of aryl methyl sites for hydroxylation is 1. The molecule has 2 nitrogen and oxygen atoms in total. The van der Waals surface area contributed by atoms with Crippen LogP contribution < -0.4 is 4.74 Å². The summed E-state index contributed by atoms with van der Waals surface area (Å²) in [6.45, 7) is 5.83. The molecular formula is C15H15NO. The van der Waals surface area contributed by atoms with E-state index in [0.29, 0.717) is 0 Å². The Balaban J connectivity index is 2.64. The van der Waals surface area contributed by atoms with Gasteiger partial charge in [0.05, 0.1) is 12.8 Å². The predicted molar refractivity (Wildman–Crippen MR) is 71.1 cm³/mol. The second-order valence-corrected chi connectivity index (χ2v) is 3.83. The average Bonchev–Trinajstić information content (AvgIpc) is 2.38. The number of nitrogens with zero attached hydrogens (tertiary/aromatic N) is 1. The highest BCUT2D eigenvalue weighted by Crippen LogP contribution is 2.31. The quantitative estimate of drug-likeness (QED) is 0.794. The van der Waals surface area contributed by atoms with Crippen molar-refractivity contribution in [1.29, 1.82) is 0 Å². The normalized spacial score (nSPS) is 10.0. The Bertz CT molecular complexity index is 546. The van der Waals surface area contributed by atoms with Gasteiger partial charge in [0.1, 0.15) is 5.75 Å². The molecule has 2 rings (SSSR count). The SMILES string of the molecule is C=Cc1ccc(OC)c(-c2ncccc2C)c1. The van der Waals surface area contributed by atoms with Gasteiger partial charge in [-0.1, -0.05) is 24.8 Å². The summed E-state index contributed by atoms with van der Waals surface area (Å²) in [6.07, 6.45) is 3.61. The van der Waals surface area contributed by atoms with E-state index in [1.165, 1.54) is 0 Å². The molecule has 0 amide bonds. The van der Waals surface area contributed by atoms with Gasteiger partial charge in [0.25, 0.3) is 0 Å². The van der Waals surface area contributed by atoms with Crippen molar-refractivity contribution in [1.82, 2.24) is 4.98 Å². The number of ether oxygens (including phenoxy) is 1. The molecule has 0 saturated heterocycles. The number of pyridine rings is 1. The third kappa shape index (κ3) is 2.21. The largest absolute Gasteiger partial charge is 0.496 e. The fourth-order valence-electron chi connectivity index (χ4n) is 1.81. The van der Waals surface area contributed by atoms with Gasteiger partial charge in [-0.05, 0) is 36.2 Å². The van der Waals surface area contributed by atoms with Gasteiger partial charge in [-0.15, -0.1) is 0 Å². The average molecular weight is 225 g/mol. The van der Waals surface area contributed by atoms with E-state index in [0.717, 1.165) is 28.1 Å². The van der Waals surface area contributed by atoms with E-state index in [-0.39, 0.29) is 0 Å². The summed E-state index contributed by atoms with van der Waals surface area (Å²) in [4.78, 5) is 4.42. The summed E-state index contributed by atoms with van der Waals surface area (Å²) >= 11 is 0. The van der Waals surface area contributed by atoms with Crippen LogP contribution in [0.3, 0.4) is 0 Å². The molecule has 0 fully saturated rings. The first-order chi connectivity index (χ1) is 8.26. The number of aromatic nitrogens is 1. The molecule has 1 aromatic heterocycles. The molecule has 0 N–H and O–H groups in total. The molecular weight excluding hydrogens is 210 g/mol. The first-order valence-corrected chi connectivity index (χ1v) is 5.48. The zero-order valence-corrected chi connectivity index (χ0v) is 10.1. The molecule has 1 aromatic carbocycles. The van der Waals surface area contributed by atoms with E-state index in [1.54, 1.807) is 13.3 Å². The summed E-state index contributed by atoms with van der Waals surface area (Å²) in [5.74, 6) is 0.831. The molecule has 2 aromatic rings. The van der Waals surface area contributed by atoms with Crippen LogP contribution in [0.4, 0.5) is 0 Å². The minimum Gasteiger partial charge on any atom is -0.496 e. The zero-order chi connectivity index (χ0) is 12.3. The van der Waals surface area contributed by atoms with Gasteiger partial charge in [0.15, 0.2) is 0 Å². The lowest BCUT2D eigenvalue weighted by molar-refractivity contribution is 0.416.